The monoisotopic (exact) mass is 408 g/mol. The molecule has 1 aromatic heterocycles. The van der Waals surface area contributed by atoms with E-state index in [4.69, 9.17) is 27.9 Å². The second-order valence-electron chi connectivity index (χ2n) is 6.78. The SMILES string of the molecule is CC(C)(C)c1ccc(C(=O)NC(=O)COC(=O)c2cnc(Cl)c(Cl)c2)cc1. The maximum Gasteiger partial charge on any atom is 0.340 e. The second-order valence-corrected chi connectivity index (χ2v) is 7.54. The van der Waals surface area contributed by atoms with Crippen LogP contribution < -0.4 is 5.32 Å². The van der Waals surface area contributed by atoms with Crippen LogP contribution in [0, 0.1) is 0 Å². The number of aromatic nitrogens is 1. The van der Waals surface area contributed by atoms with Crippen molar-refractivity contribution in [1.82, 2.24) is 10.3 Å². The number of carbonyl (C=O) groups is 3. The molecule has 27 heavy (non-hydrogen) atoms. The van der Waals surface area contributed by atoms with Gasteiger partial charge in [0.15, 0.2) is 6.61 Å². The first-order valence-corrected chi connectivity index (χ1v) is 8.76. The van der Waals surface area contributed by atoms with Crippen LogP contribution in [-0.4, -0.2) is 29.4 Å². The maximum atomic E-state index is 12.1. The first kappa shape index (κ1) is 20.9. The fourth-order valence-electron chi connectivity index (χ4n) is 2.10. The number of esters is 1. The smallest absolute Gasteiger partial charge is 0.340 e. The Bertz CT molecular complexity index is 874. The highest BCUT2D eigenvalue weighted by atomic mass is 35.5. The van der Waals surface area contributed by atoms with E-state index in [0.29, 0.717) is 5.56 Å². The predicted molar refractivity (Wildman–Crippen MR) is 102 cm³/mol. The van der Waals surface area contributed by atoms with Crippen LogP contribution in [0.3, 0.4) is 0 Å². The number of amides is 2. The molecule has 8 heteroatoms. The Labute approximate surface area is 166 Å². The number of imide groups is 1. The Balaban J connectivity index is 1.90. The van der Waals surface area contributed by atoms with Gasteiger partial charge in [0.1, 0.15) is 5.15 Å². The molecule has 0 saturated carbocycles. The molecule has 0 aliphatic carbocycles. The van der Waals surface area contributed by atoms with E-state index in [0.717, 1.165) is 5.56 Å². The van der Waals surface area contributed by atoms with E-state index in [2.05, 4.69) is 31.1 Å². The van der Waals surface area contributed by atoms with Crippen molar-refractivity contribution in [2.24, 2.45) is 0 Å². The third-order valence-electron chi connectivity index (χ3n) is 3.63. The average Bonchev–Trinajstić information content (AvgIpc) is 2.61. The Hall–Kier alpha value is -2.44. The van der Waals surface area contributed by atoms with Gasteiger partial charge in [-0.15, -0.1) is 0 Å². The van der Waals surface area contributed by atoms with E-state index in [1.54, 1.807) is 12.1 Å². The molecule has 2 aromatic rings. The number of ether oxygens (including phenoxy) is 1. The molecule has 0 aliphatic heterocycles. The number of hydrogen-bond donors (Lipinski definition) is 1. The van der Waals surface area contributed by atoms with Gasteiger partial charge in [0.2, 0.25) is 0 Å². The fourth-order valence-corrected chi connectivity index (χ4v) is 2.37. The molecule has 0 bridgehead atoms. The summed E-state index contributed by atoms with van der Waals surface area (Å²) in [6, 6.07) is 8.21. The van der Waals surface area contributed by atoms with Gasteiger partial charge in [-0.1, -0.05) is 56.1 Å². The van der Waals surface area contributed by atoms with Crippen molar-refractivity contribution in [2.75, 3.05) is 6.61 Å². The number of benzene rings is 1. The van der Waals surface area contributed by atoms with E-state index in [1.807, 2.05) is 12.1 Å². The lowest BCUT2D eigenvalue weighted by molar-refractivity contribution is -0.123. The molecule has 1 N–H and O–H groups in total. The maximum absolute atomic E-state index is 12.1. The zero-order chi connectivity index (χ0) is 20.2. The van der Waals surface area contributed by atoms with Gasteiger partial charge < -0.3 is 4.74 Å². The van der Waals surface area contributed by atoms with Gasteiger partial charge in [0, 0.05) is 11.8 Å². The van der Waals surface area contributed by atoms with Crippen LogP contribution in [0.15, 0.2) is 36.5 Å². The quantitative estimate of drug-likeness (QED) is 0.613. The van der Waals surface area contributed by atoms with Crippen LogP contribution >= 0.6 is 23.2 Å². The predicted octanol–water partition coefficient (Wildman–Crippen LogP) is 3.80. The topological polar surface area (TPSA) is 85.4 Å². The molecule has 0 unspecified atom stereocenters. The number of rotatable bonds is 4. The molecule has 0 fully saturated rings. The van der Waals surface area contributed by atoms with Crippen molar-refractivity contribution in [3.8, 4) is 0 Å². The first-order chi connectivity index (χ1) is 12.6. The van der Waals surface area contributed by atoms with Crippen LogP contribution in [-0.2, 0) is 14.9 Å². The standard InChI is InChI=1S/C19H18Cl2N2O4/c1-19(2,3)13-6-4-11(5-7-13)17(25)23-15(24)10-27-18(26)12-8-14(20)16(21)22-9-12/h4-9H,10H2,1-3H3,(H,23,24,25). The molecule has 0 atom stereocenters. The summed E-state index contributed by atoms with van der Waals surface area (Å²) < 4.78 is 4.84. The van der Waals surface area contributed by atoms with Gasteiger partial charge in [-0.2, -0.15) is 0 Å². The molecule has 0 aliphatic rings. The normalized spacial score (nSPS) is 11.0. The summed E-state index contributed by atoms with van der Waals surface area (Å²) in [4.78, 5) is 39.5. The van der Waals surface area contributed by atoms with Gasteiger partial charge in [-0.3, -0.25) is 14.9 Å². The van der Waals surface area contributed by atoms with Gasteiger partial charge in [-0.25, -0.2) is 9.78 Å². The van der Waals surface area contributed by atoms with Crippen LogP contribution in [0.1, 0.15) is 47.1 Å². The summed E-state index contributed by atoms with van der Waals surface area (Å²) in [7, 11) is 0. The molecule has 6 nitrogen and oxygen atoms in total. The van der Waals surface area contributed by atoms with Crippen molar-refractivity contribution in [2.45, 2.75) is 26.2 Å². The van der Waals surface area contributed by atoms with E-state index in [1.165, 1.54) is 12.3 Å². The minimum absolute atomic E-state index is 0.0429. The van der Waals surface area contributed by atoms with E-state index < -0.39 is 24.4 Å². The Morgan fingerprint density at radius 2 is 1.70 bits per heavy atom. The van der Waals surface area contributed by atoms with Crippen molar-refractivity contribution < 1.29 is 19.1 Å². The zero-order valence-corrected chi connectivity index (χ0v) is 16.5. The van der Waals surface area contributed by atoms with Crippen molar-refractivity contribution in [3.63, 3.8) is 0 Å². The second kappa shape index (κ2) is 8.50. The van der Waals surface area contributed by atoms with Crippen molar-refractivity contribution in [3.05, 3.63) is 63.4 Å². The highest BCUT2D eigenvalue weighted by Gasteiger charge is 2.17. The van der Waals surface area contributed by atoms with Gasteiger partial charge in [0.05, 0.1) is 10.6 Å². The molecule has 2 rings (SSSR count). The highest BCUT2D eigenvalue weighted by Crippen LogP contribution is 2.22. The number of carbonyl (C=O) groups excluding carboxylic acids is 3. The first-order valence-electron chi connectivity index (χ1n) is 8.01. The van der Waals surface area contributed by atoms with Gasteiger partial charge >= 0.3 is 5.97 Å². The minimum Gasteiger partial charge on any atom is -0.452 e. The molecule has 142 valence electrons. The number of nitrogens with one attached hydrogen (secondary N) is 1. The number of halogens is 2. The van der Waals surface area contributed by atoms with E-state index in [9.17, 15) is 14.4 Å². The third kappa shape index (κ3) is 5.77. The van der Waals surface area contributed by atoms with Crippen molar-refractivity contribution in [1.29, 1.82) is 0 Å². The Kier molecular flexibility index (Phi) is 6.57. The number of hydrogen-bond acceptors (Lipinski definition) is 5. The molecule has 1 heterocycles. The number of nitrogens with zero attached hydrogens (tertiary/aromatic N) is 1. The molecule has 2 amide bonds. The summed E-state index contributed by atoms with van der Waals surface area (Å²) in [6.07, 6.45) is 1.18. The summed E-state index contributed by atoms with van der Waals surface area (Å²) in [5, 5.41) is 2.30. The largest absolute Gasteiger partial charge is 0.452 e. The highest BCUT2D eigenvalue weighted by molar-refractivity contribution is 6.41. The molecular weight excluding hydrogens is 391 g/mol. The lowest BCUT2D eigenvalue weighted by atomic mass is 9.87. The van der Waals surface area contributed by atoms with Crippen LogP contribution in [0.25, 0.3) is 0 Å². The average molecular weight is 409 g/mol. The van der Waals surface area contributed by atoms with Crippen LogP contribution in [0.4, 0.5) is 0 Å². The summed E-state index contributed by atoms with van der Waals surface area (Å²) in [6.45, 7) is 5.56. The fraction of sp³-hybridized carbons (Fsp3) is 0.263. The summed E-state index contributed by atoms with van der Waals surface area (Å²) >= 11 is 11.4. The van der Waals surface area contributed by atoms with E-state index in [-0.39, 0.29) is 21.2 Å². The molecule has 0 saturated heterocycles. The Morgan fingerprint density at radius 1 is 1.07 bits per heavy atom. The van der Waals surface area contributed by atoms with Gasteiger partial charge in [-0.05, 0) is 29.2 Å². The van der Waals surface area contributed by atoms with E-state index >= 15 is 0 Å². The van der Waals surface area contributed by atoms with Crippen LogP contribution in [0.5, 0.6) is 0 Å². The lowest BCUT2D eigenvalue weighted by Crippen LogP contribution is -2.34. The lowest BCUT2D eigenvalue weighted by Gasteiger charge is -2.18. The van der Waals surface area contributed by atoms with Crippen LogP contribution in [0.2, 0.25) is 10.2 Å². The third-order valence-corrected chi connectivity index (χ3v) is 4.32. The zero-order valence-electron chi connectivity index (χ0n) is 15.0. The summed E-state index contributed by atoms with van der Waals surface area (Å²) in [5.41, 5.74) is 1.39. The summed E-state index contributed by atoms with van der Waals surface area (Å²) in [5.74, 6) is -2.13. The number of pyridine rings is 1. The molecule has 0 spiro atoms. The molecule has 0 radical (unpaired) electrons. The minimum atomic E-state index is -0.807. The van der Waals surface area contributed by atoms with Gasteiger partial charge in [0.25, 0.3) is 11.8 Å². The molecular formula is C19H18Cl2N2O4. The Morgan fingerprint density at radius 3 is 2.26 bits per heavy atom. The molecule has 1 aromatic carbocycles. The van der Waals surface area contributed by atoms with Crippen molar-refractivity contribution >= 4 is 41.0 Å².